The summed E-state index contributed by atoms with van der Waals surface area (Å²) in [6, 6.07) is 4.08. The van der Waals surface area contributed by atoms with Crippen LogP contribution in [0.4, 0.5) is 9.18 Å². The molecule has 86 valence electrons. The number of benzene rings is 1. The lowest BCUT2D eigenvalue weighted by Gasteiger charge is -2.25. The third-order valence-electron chi connectivity index (χ3n) is 2.50. The fraction of sp³-hybridized carbons (Fsp3) is 0.364. The molecular formula is C11H12FNO3. The zero-order chi connectivity index (χ0) is 11.5. The van der Waals surface area contributed by atoms with E-state index >= 15 is 0 Å². The zero-order valence-electron chi connectivity index (χ0n) is 8.83. The molecule has 1 amide bonds. The normalized spacial score (nSPS) is 19.9. The number of carbonyl (C=O) groups is 1. The Morgan fingerprint density at radius 1 is 1.56 bits per heavy atom. The van der Waals surface area contributed by atoms with Gasteiger partial charge in [-0.3, -0.25) is 0 Å². The maximum absolute atomic E-state index is 13.0. The first-order valence-corrected chi connectivity index (χ1v) is 4.97. The topological polar surface area (TPSA) is 47.6 Å². The molecule has 1 atom stereocenters. The molecule has 0 bridgehead atoms. The average molecular weight is 225 g/mol. The smallest absolute Gasteiger partial charge is 0.407 e. The van der Waals surface area contributed by atoms with E-state index in [1.54, 1.807) is 6.07 Å². The number of carbonyl (C=O) groups excluding carboxylic acids is 1. The Morgan fingerprint density at radius 3 is 3.06 bits per heavy atom. The predicted molar refractivity (Wildman–Crippen MR) is 54.8 cm³/mol. The van der Waals surface area contributed by atoms with Crippen molar-refractivity contribution in [3.8, 4) is 5.75 Å². The first-order valence-electron chi connectivity index (χ1n) is 4.97. The molecule has 1 aromatic rings. The van der Waals surface area contributed by atoms with Crippen molar-refractivity contribution in [2.24, 2.45) is 0 Å². The molecule has 1 N–H and O–H groups in total. The SMILES string of the molecule is COc1cc(F)ccc1[C@@H]1CCOC(=O)N1. The summed E-state index contributed by atoms with van der Waals surface area (Å²) in [5.74, 6) is 0.0752. The van der Waals surface area contributed by atoms with Crippen LogP contribution in [0.1, 0.15) is 18.0 Å². The van der Waals surface area contributed by atoms with Crippen LogP contribution in [0, 0.1) is 5.82 Å². The van der Waals surface area contributed by atoms with Gasteiger partial charge < -0.3 is 14.8 Å². The van der Waals surface area contributed by atoms with Crippen molar-refractivity contribution in [1.82, 2.24) is 5.32 Å². The van der Waals surface area contributed by atoms with E-state index < -0.39 is 6.09 Å². The number of nitrogens with one attached hydrogen (secondary N) is 1. The summed E-state index contributed by atoms with van der Waals surface area (Å²) in [6.45, 7) is 0.358. The Bertz CT molecular complexity index is 408. The molecule has 16 heavy (non-hydrogen) atoms. The van der Waals surface area contributed by atoms with Crippen LogP contribution in [0.15, 0.2) is 18.2 Å². The van der Waals surface area contributed by atoms with Gasteiger partial charge in [0.2, 0.25) is 0 Å². The summed E-state index contributed by atoms with van der Waals surface area (Å²) in [6.07, 6.45) is 0.191. The highest BCUT2D eigenvalue weighted by molar-refractivity contribution is 5.69. The molecule has 0 unspecified atom stereocenters. The number of halogens is 1. The second-order valence-electron chi connectivity index (χ2n) is 3.51. The highest BCUT2D eigenvalue weighted by Crippen LogP contribution is 2.29. The monoisotopic (exact) mass is 225 g/mol. The standard InChI is InChI=1S/C11H12FNO3/c1-15-10-6-7(12)2-3-8(10)9-4-5-16-11(14)13-9/h2-3,6,9H,4-5H2,1H3,(H,13,14)/t9-/m0/s1. The van der Waals surface area contributed by atoms with Crippen LogP contribution in [0.3, 0.4) is 0 Å². The summed E-state index contributed by atoms with van der Waals surface area (Å²) in [7, 11) is 1.47. The molecule has 0 aromatic heterocycles. The number of hydrogen-bond donors (Lipinski definition) is 1. The minimum Gasteiger partial charge on any atom is -0.496 e. The van der Waals surface area contributed by atoms with Gasteiger partial charge in [0.05, 0.1) is 19.8 Å². The highest BCUT2D eigenvalue weighted by atomic mass is 19.1. The molecule has 1 saturated heterocycles. The van der Waals surface area contributed by atoms with Crippen molar-refractivity contribution in [3.05, 3.63) is 29.6 Å². The molecule has 0 saturated carbocycles. The van der Waals surface area contributed by atoms with Crippen molar-refractivity contribution in [1.29, 1.82) is 0 Å². The molecule has 1 fully saturated rings. The first-order chi connectivity index (χ1) is 7.70. The Balaban J connectivity index is 2.28. The second kappa shape index (κ2) is 4.38. The number of hydrogen-bond acceptors (Lipinski definition) is 3. The van der Waals surface area contributed by atoms with E-state index in [0.29, 0.717) is 18.8 Å². The Hall–Kier alpha value is -1.78. The first kappa shape index (κ1) is 10.7. The maximum atomic E-state index is 13.0. The van der Waals surface area contributed by atoms with Crippen molar-refractivity contribution in [3.63, 3.8) is 0 Å². The molecule has 5 heteroatoms. The van der Waals surface area contributed by atoms with Gasteiger partial charge >= 0.3 is 6.09 Å². The maximum Gasteiger partial charge on any atom is 0.407 e. The van der Waals surface area contributed by atoms with Gasteiger partial charge in [0.15, 0.2) is 0 Å². The van der Waals surface area contributed by atoms with E-state index in [1.165, 1.54) is 19.2 Å². The fourth-order valence-corrected chi connectivity index (χ4v) is 1.73. The van der Waals surface area contributed by atoms with Gasteiger partial charge in [0.25, 0.3) is 0 Å². The van der Waals surface area contributed by atoms with Crippen LogP contribution >= 0.6 is 0 Å². The summed E-state index contributed by atoms with van der Waals surface area (Å²) >= 11 is 0. The molecule has 0 aliphatic carbocycles. The highest BCUT2D eigenvalue weighted by Gasteiger charge is 2.23. The molecule has 1 aliphatic rings. The molecule has 1 aromatic carbocycles. The van der Waals surface area contributed by atoms with E-state index in [2.05, 4.69) is 5.32 Å². The van der Waals surface area contributed by atoms with Crippen molar-refractivity contribution in [2.45, 2.75) is 12.5 Å². The minimum absolute atomic E-state index is 0.184. The Morgan fingerprint density at radius 2 is 2.38 bits per heavy atom. The minimum atomic E-state index is -0.456. The summed E-state index contributed by atoms with van der Waals surface area (Å²) < 4.78 is 22.8. The molecule has 2 rings (SSSR count). The van der Waals surface area contributed by atoms with Crippen LogP contribution in [0.25, 0.3) is 0 Å². The molecular weight excluding hydrogens is 213 g/mol. The van der Waals surface area contributed by atoms with E-state index in [9.17, 15) is 9.18 Å². The van der Waals surface area contributed by atoms with Crippen molar-refractivity contribution in [2.75, 3.05) is 13.7 Å². The van der Waals surface area contributed by atoms with Gasteiger partial charge in [-0.2, -0.15) is 0 Å². The van der Waals surface area contributed by atoms with Crippen molar-refractivity contribution < 1.29 is 18.7 Å². The van der Waals surface area contributed by atoms with E-state index in [0.717, 1.165) is 5.56 Å². The molecule has 1 aliphatic heterocycles. The average Bonchev–Trinajstić information content (AvgIpc) is 2.28. The third-order valence-corrected chi connectivity index (χ3v) is 2.50. The number of rotatable bonds is 2. The van der Waals surface area contributed by atoms with Crippen LogP contribution in [-0.2, 0) is 4.74 Å². The van der Waals surface area contributed by atoms with Gasteiger partial charge in [-0.25, -0.2) is 9.18 Å². The van der Waals surface area contributed by atoms with Crippen LogP contribution in [0.2, 0.25) is 0 Å². The van der Waals surface area contributed by atoms with Crippen LogP contribution < -0.4 is 10.1 Å². The summed E-state index contributed by atoms with van der Waals surface area (Å²) in [5.41, 5.74) is 0.764. The molecule has 0 radical (unpaired) electrons. The van der Waals surface area contributed by atoms with E-state index in [1.807, 2.05) is 0 Å². The largest absolute Gasteiger partial charge is 0.496 e. The summed E-state index contributed by atoms with van der Waals surface area (Å²) in [5, 5.41) is 2.66. The summed E-state index contributed by atoms with van der Waals surface area (Å²) in [4.78, 5) is 11.1. The van der Waals surface area contributed by atoms with Gasteiger partial charge in [-0.05, 0) is 6.07 Å². The second-order valence-corrected chi connectivity index (χ2v) is 3.51. The molecule has 4 nitrogen and oxygen atoms in total. The fourth-order valence-electron chi connectivity index (χ4n) is 1.73. The lowest BCUT2D eigenvalue weighted by molar-refractivity contribution is 0.115. The number of amides is 1. The third kappa shape index (κ3) is 2.08. The van der Waals surface area contributed by atoms with Gasteiger partial charge in [0.1, 0.15) is 11.6 Å². The molecule has 1 heterocycles. The zero-order valence-corrected chi connectivity index (χ0v) is 8.83. The predicted octanol–water partition coefficient (Wildman–Crippen LogP) is 2.01. The number of ether oxygens (including phenoxy) is 2. The van der Waals surface area contributed by atoms with Crippen molar-refractivity contribution >= 4 is 6.09 Å². The van der Waals surface area contributed by atoms with Gasteiger partial charge in [-0.15, -0.1) is 0 Å². The number of alkyl carbamates (subject to hydrolysis) is 1. The Kier molecular flexibility index (Phi) is 2.94. The van der Waals surface area contributed by atoms with Crippen LogP contribution in [0.5, 0.6) is 5.75 Å². The molecule has 0 spiro atoms. The Labute approximate surface area is 92.4 Å². The number of methoxy groups -OCH3 is 1. The van der Waals surface area contributed by atoms with Crippen LogP contribution in [-0.4, -0.2) is 19.8 Å². The van der Waals surface area contributed by atoms with Gasteiger partial charge in [0, 0.05) is 18.1 Å². The van der Waals surface area contributed by atoms with Gasteiger partial charge in [-0.1, -0.05) is 6.07 Å². The van der Waals surface area contributed by atoms with E-state index in [4.69, 9.17) is 9.47 Å². The quantitative estimate of drug-likeness (QED) is 0.837. The lowest BCUT2D eigenvalue weighted by atomic mass is 10.0. The van der Waals surface area contributed by atoms with E-state index in [-0.39, 0.29) is 11.9 Å². The number of cyclic esters (lactones) is 1. The lowest BCUT2D eigenvalue weighted by Crippen LogP contribution is -2.35.